The van der Waals surface area contributed by atoms with Crippen molar-refractivity contribution in [3.05, 3.63) is 86.9 Å². The van der Waals surface area contributed by atoms with Crippen LogP contribution in [0.4, 0.5) is 37.0 Å². The second-order valence-corrected chi connectivity index (χ2v) is 13.3. The molecule has 4 aromatic rings. The molecule has 0 bridgehead atoms. The number of methoxy groups -OCH3 is 1. The van der Waals surface area contributed by atoms with Gasteiger partial charge in [0.2, 0.25) is 0 Å². The summed E-state index contributed by atoms with van der Waals surface area (Å²) in [5, 5.41) is 9.70. The Balaban J connectivity index is 1.42. The van der Waals surface area contributed by atoms with Crippen LogP contribution in [0.3, 0.4) is 0 Å². The number of ether oxygens (including phenoxy) is 2. The largest absolute Gasteiger partial charge is 0.496 e. The molecule has 2 aromatic heterocycles. The zero-order valence-electron chi connectivity index (χ0n) is 27.2. The molecule has 50 heavy (non-hydrogen) atoms. The van der Waals surface area contributed by atoms with E-state index in [1.165, 1.54) is 18.9 Å². The van der Waals surface area contributed by atoms with E-state index in [0.717, 1.165) is 46.9 Å². The van der Waals surface area contributed by atoms with Gasteiger partial charge in [0.25, 0.3) is 0 Å². The van der Waals surface area contributed by atoms with E-state index in [0.29, 0.717) is 46.1 Å². The zero-order chi connectivity index (χ0) is 36.3. The summed E-state index contributed by atoms with van der Waals surface area (Å²) < 4.78 is 93.0. The number of aromatic carboxylic acids is 1. The van der Waals surface area contributed by atoms with Crippen LogP contribution in [0.25, 0.3) is 21.6 Å². The van der Waals surface area contributed by atoms with Gasteiger partial charge in [-0.05, 0) is 98.0 Å². The zero-order valence-corrected chi connectivity index (χ0v) is 28.0. The summed E-state index contributed by atoms with van der Waals surface area (Å²) in [7, 11) is 1.48. The SMILES string of the molecule is COc1ccc(-c2sc(C(=O)O)c(C)c2C)cc1-c1ccc(N2CCC2)nc1CN1C(=O)O[C@H](c2cc(C(F)(F)F)cc(C(F)(F)F)c2)[C@@H]1C. The monoisotopic (exact) mass is 719 g/mol. The van der Waals surface area contributed by atoms with E-state index >= 15 is 0 Å². The first kappa shape index (κ1) is 35.1. The van der Waals surface area contributed by atoms with Crippen molar-refractivity contribution in [2.24, 2.45) is 0 Å². The number of alkyl halides is 6. The van der Waals surface area contributed by atoms with Crippen LogP contribution in [0.1, 0.15) is 62.6 Å². The molecule has 2 aromatic carbocycles. The summed E-state index contributed by atoms with van der Waals surface area (Å²) in [6.07, 6.45) is -11.5. The number of cyclic esters (lactones) is 1. The van der Waals surface area contributed by atoms with Crippen LogP contribution in [0.5, 0.6) is 5.75 Å². The molecule has 264 valence electrons. The number of carboxylic acid groups (broad SMARTS) is 1. The molecule has 0 unspecified atom stereocenters. The number of thiophene rings is 1. The average Bonchev–Trinajstić information content (AvgIpc) is 3.48. The van der Waals surface area contributed by atoms with E-state index in [4.69, 9.17) is 14.5 Å². The normalized spacial score (nSPS) is 17.9. The van der Waals surface area contributed by atoms with Crippen molar-refractivity contribution >= 4 is 29.2 Å². The third kappa shape index (κ3) is 6.45. The van der Waals surface area contributed by atoms with Gasteiger partial charge in [0.1, 0.15) is 22.5 Å². The summed E-state index contributed by atoms with van der Waals surface area (Å²) in [6.45, 7) is 6.40. The Morgan fingerprint density at radius 1 is 0.980 bits per heavy atom. The smallest absolute Gasteiger partial charge is 0.416 e. The number of anilines is 1. The number of benzene rings is 2. The second-order valence-electron chi connectivity index (χ2n) is 12.2. The van der Waals surface area contributed by atoms with Gasteiger partial charge in [0, 0.05) is 29.1 Å². The van der Waals surface area contributed by atoms with Crippen molar-refractivity contribution in [1.29, 1.82) is 0 Å². The first-order valence-corrected chi connectivity index (χ1v) is 16.3. The molecular formula is C35H31F6N3O5S. The minimum Gasteiger partial charge on any atom is -0.496 e. The number of hydrogen-bond donors (Lipinski definition) is 1. The molecule has 8 nitrogen and oxygen atoms in total. The highest BCUT2D eigenvalue weighted by molar-refractivity contribution is 7.17. The first-order valence-electron chi connectivity index (χ1n) is 15.5. The minimum atomic E-state index is -5.07. The van der Waals surface area contributed by atoms with E-state index in [1.807, 2.05) is 36.1 Å². The fourth-order valence-electron chi connectivity index (χ4n) is 6.18. The fourth-order valence-corrected chi connectivity index (χ4v) is 7.32. The van der Waals surface area contributed by atoms with E-state index in [1.54, 1.807) is 13.0 Å². The summed E-state index contributed by atoms with van der Waals surface area (Å²) in [4.78, 5) is 34.3. The number of hydrogen-bond acceptors (Lipinski definition) is 7. The number of pyridine rings is 1. The van der Waals surface area contributed by atoms with E-state index in [2.05, 4.69) is 0 Å². The van der Waals surface area contributed by atoms with Crippen LogP contribution < -0.4 is 9.64 Å². The predicted octanol–water partition coefficient (Wildman–Crippen LogP) is 9.13. The van der Waals surface area contributed by atoms with Crippen LogP contribution in [-0.4, -0.2) is 53.3 Å². The number of carbonyl (C=O) groups excluding carboxylic acids is 1. The Morgan fingerprint density at radius 3 is 2.18 bits per heavy atom. The molecular weight excluding hydrogens is 688 g/mol. The molecule has 4 heterocycles. The highest BCUT2D eigenvalue weighted by Crippen LogP contribution is 2.44. The maximum Gasteiger partial charge on any atom is 0.416 e. The van der Waals surface area contributed by atoms with Crippen molar-refractivity contribution in [2.45, 2.75) is 58.2 Å². The van der Waals surface area contributed by atoms with Gasteiger partial charge in [-0.25, -0.2) is 14.6 Å². The number of carbonyl (C=O) groups is 2. The van der Waals surface area contributed by atoms with Gasteiger partial charge >= 0.3 is 24.4 Å². The number of halogens is 6. The molecule has 0 radical (unpaired) electrons. The lowest BCUT2D eigenvalue weighted by Crippen LogP contribution is -2.38. The van der Waals surface area contributed by atoms with Crippen LogP contribution in [-0.2, 0) is 23.6 Å². The molecule has 2 atom stereocenters. The van der Waals surface area contributed by atoms with Gasteiger partial charge in [-0.15, -0.1) is 11.3 Å². The highest BCUT2D eigenvalue weighted by atomic mass is 32.1. The summed E-state index contributed by atoms with van der Waals surface area (Å²) in [5.41, 5.74) is 0.245. The van der Waals surface area contributed by atoms with Crippen LogP contribution in [0.15, 0.2) is 48.5 Å². The Morgan fingerprint density at radius 2 is 1.64 bits per heavy atom. The number of nitrogens with zero attached hydrogens (tertiary/aromatic N) is 3. The molecule has 1 N–H and O–H groups in total. The number of amides is 1. The van der Waals surface area contributed by atoms with Crippen molar-refractivity contribution < 1.29 is 50.5 Å². The molecule has 2 saturated heterocycles. The number of rotatable bonds is 8. The molecule has 0 saturated carbocycles. The molecule has 1 amide bonds. The second kappa shape index (κ2) is 12.8. The standard InChI is InChI=1S/C35H31F6N3O5S/c1-17-18(2)31(32(45)46)50-30(17)20-6-8-27(48-4)25(14-20)24-7-9-28(43-10-5-11-43)42-26(24)16-44-19(3)29(49-33(44)47)21-12-22(34(36,37)38)15-23(13-21)35(39,40)41/h6-9,12-15,19,29H,5,10-11,16H2,1-4H3,(H,45,46)/t19-,29-/m0/s1. The lowest BCUT2D eigenvalue weighted by molar-refractivity contribution is -0.143. The van der Waals surface area contributed by atoms with E-state index < -0.39 is 53.3 Å². The lowest BCUT2D eigenvalue weighted by atomic mass is 9.96. The Kier molecular flexibility index (Phi) is 8.99. The maximum atomic E-state index is 13.6. The Hall–Kier alpha value is -4.79. The van der Waals surface area contributed by atoms with Crippen molar-refractivity contribution in [3.63, 3.8) is 0 Å². The molecule has 6 rings (SSSR count). The van der Waals surface area contributed by atoms with Gasteiger partial charge in [-0.2, -0.15) is 26.3 Å². The maximum absolute atomic E-state index is 13.6. The van der Waals surface area contributed by atoms with Gasteiger partial charge < -0.3 is 19.5 Å². The van der Waals surface area contributed by atoms with Crippen LogP contribution in [0, 0.1) is 13.8 Å². The predicted molar refractivity (Wildman–Crippen MR) is 173 cm³/mol. The van der Waals surface area contributed by atoms with Crippen LogP contribution >= 0.6 is 11.3 Å². The first-order chi connectivity index (χ1) is 23.5. The van der Waals surface area contributed by atoms with Crippen molar-refractivity contribution in [1.82, 2.24) is 9.88 Å². The van der Waals surface area contributed by atoms with E-state index in [-0.39, 0.29) is 17.5 Å². The summed E-state index contributed by atoms with van der Waals surface area (Å²) >= 11 is 1.14. The third-order valence-corrected chi connectivity index (χ3v) is 10.6. The van der Waals surface area contributed by atoms with Crippen molar-refractivity contribution in [2.75, 3.05) is 25.1 Å². The third-order valence-electron chi connectivity index (χ3n) is 9.18. The van der Waals surface area contributed by atoms with Gasteiger partial charge in [0.15, 0.2) is 0 Å². The quantitative estimate of drug-likeness (QED) is 0.182. The van der Waals surface area contributed by atoms with Crippen LogP contribution in [0.2, 0.25) is 0 Å². The lowest BCUT2D eigenvalue weighted by Gasteiger charge is -2.33. The van der Waals surface area contributed by atoms with Gasteiger partial charge in [-0.3, -0.25) is 4.90 Å². The Labute approximate surface area is 286 Å². The van der Waals surface area contributed by atoms with Crippen molar-refractivity contribution in [3.8, 4) is 27.3 Å². The summed E-state index contributed by atoms with van der Waals surface area (Å²) in [6, 6.07) is 9.22. The Bertz CT molecular complexity index is 1960. The molecule has 2 aliphatic heterocycles. The topological polar surface area (TPSA) is 92.2 Å². The van der Waals surface area contributed by atoms with Gasteiger partial charge in [-0.1, -0.05) is 0 Å². The molecule has 2 aliphatic rings. The fraction of sp³-hybridized carbons (Fsp3) is 0.343. The number of aromatic nitrogens is 1. The average molecular weight is 720 g/mol. The number of carboxylic acids is 1. The molecule has 2 fully saturated rings. The molecule has 15 heteroatoms. The highest BCUT2D eigenvalue weighted by Gasteiger charge is 2.43. The summed E-state index contributed by atoms with van der Waals surface area (Å²) in [5.74, 6) is 0.0511. The van der Waals surface area contributed by atoms with Gasteiger partial charge in [0.05, 0.1) is 36.5 Å². The molecule has 0 aliphatic carbocycles. The van der Waals surface area contributed by atoms with E-state index in [9.17, 15) is 41.0 Å². The minimum absolute atomic E-state index is 0.0309. The molecule has 0 spiro atoms.